The molecule has 1 aromatic carbocycles. The summed E-state index contributed by atoms with van der Waals surface area (Å²) >= 11 is 5.92. The fraction of sp³-hybridized carbons (Fsp3) is 0.308. The zero-order chi connectivity index (χ0) is 14.4. The lowest BCUT2D eigenvalue weighted by Crippen LogP contribution is -2.32. The Morgan fingerprint density at radius 1 is 1.48 bits per heavy atom. The molecule has 0 fully saturated rings. The highest BCUT2D eigenvalue weighted by Gasteiger charge is 2.08. The van der Waals surface area contributed by atoms with Crippen molar-refractivity contribution < 1.29 is 4.52 Å². The van der Waals surface area contributed by atoms with Crippen molar-refractivity contribution in [2.24, 2.45) is 10.7 Å². The van der Waals surface area contributed by atoms with E-state index in [1.54, 1.807) is 12.1 Å². The second kappa shape index (κ2) is 8.83. The number of rotatable bonds is 5. The van der Waals surface area contributed by atoms with E-state index in [4.69, 9.17) is 21.9 Å². The maximum absolute atomic E-state index is 5.92. The number of nitrogens with one attached hydrogen (secondary N) is 1. The monoisotopic (exact) mass is 421 g/mol. The van der Waals surface area contributed by atoms with Gasteiger partial charge in [0.1, 0.15) is 6.54 Å². The normalized spacial score (nSPS) is 11.0. The first kappa shape index (κ1) is 17.7. The molecule has 2 aromatic rings. The van der Waals surface area contributed by atoms with Crippen molar-refractivity contribution >= 4 is 41.5 Å². The van der Waals surface area contributed by atoms with Crippen molar-refractivity contribution in [3.8, 4) is 11.4 Å². The molecule has 0 saturated heterocycles. The van der Waals surface area contributed by atoms with Gasteiger partial charge in [0.2, 0.25) is 11.7 Å². The number of hydrogen-bond acceptors (Lipinski definition) is 4. The summed E-state index contributed by atoms with van der Waals surface area (Å²) < 4.78 is 5.12. The van der Waals surface area contributed by atoms with Gasteiger partial charge in [-0.15, -0.1) is 24.0 Å². The van der Waals surface area contributed by atoms with Crippen LogP contribution in [0.1, 0.15) is 19.2 Å². The molecule has 0 amide bonds. The van der Waals surface area contributed by atoms with Crippen molar-refractivity contribution in [2.45, 2.75) is 19.9 Å². The maximum Gasteiger partial charge on any atom is 0.248 e. The van der Waals surface area contributed by atoms with Crippen molar-refractivity contribution in [3.05, 3.63) is 35.2 Å². The van der Waals surface area contributed by atoms with Crippen LogP contribution in [0.5, 0.6) is 0 Å². The lowest BCUT2D eigenvalue weighted by Gasteiger charge is -2.01. The Kier molecular flexibility index (Phi) is 7.44. The highest BCUT2D eigenvalue weighted by Crippen LogP contribution is 2.19. The van der Waals surface area contributed by atoms with Gasteiger partial charge < -0.3 is 15.6 Å². The standard InChI is InChI=1S/C13H16ClN5O.HI/c1-2-6-16-13(15)17-8-11-18-12(19-20-11)9-4-3-5-10(14)7-9;/h3-5,7H,2,6,8H2,1H3,(H3,15,16,17);1H. The molecule has 21 heavy (non-hydrogen) atoms. The fourth-order valence-corrected chi connectivity index (χ4v) is 1.72. The first-order valence-electron chi connectivity index (χ1n) is 6.31. The van der Waals surface area contributed by atoms with Crippen LogP contribution in [-0.2, 0) is 6.54 Å². The minimum absolute atomic E-state index is 0. The highest BCUT2D eigenvalue weighted by atomic mass is 127. The number of benzene rings is 1. The molecule has 0 unspecified atom stereocenters. The lowest BCUT2D eigenvalue weighted by atomic mass is 10.2. The van der Waals surface area contributed by atoms with Crippen molar-refractivity contribution in [1.82, 2.24) is 15.5 Å². The summed E-state index contributed by atoms with van der Waals surface area (Å²) in [4.78, 5) is 8.36. The van der Waals surface area contributed by atoms with E-state index in [0.717, 1.165) is 18.5 Å². The van der Waals surface area contributed by atoms with Crippen molar-refractivity contribution in [1.29, 1.82) is 0 Å². The first-order valence-corrected chi connectivity index (χ1v) is 6.69. The SMILES string of the molecule is CCCNC(N)=NCc1nc(-c2cccc(Cl)c2)no1.I. The van der Waals surface area contributed by atoms with Gasteiger partial charge in [-0.2, -0.15) is 4.98 Å². The fourth-order valence-electron chi connectivity index (χ4n) is 1.53. The smallest absolute Gasteiger partial charge is 0.248 e. The van der Waals surface area contributed by atoms with Crippen LogP contribution in [0.4, 0.5) is 0 Å². The number of aromatic nitrogens is 2. The van der Waals surface area contributed by atoms with Crippen molar-refractivity contribution in [2.75, 3.05) is 6.54 Å². The number of hydrogen-bond donors (Lipinski definition) is 2. The van der Waals surface area contributed by atoms with Crippen LogP contribution in [0, 0.1) is 0 Å². The molecule has 0 aliphatic carbocycles. The quantitative estimate of drug-likeness (QED) is 0.440. The molecule has 1 aromatic heterocycles. The number of aliphatic imine (C=N–C) groups is 1. The molecule has 2 rings (SSSR count). The number of nitrogens with zero attached hydrogens (tertiary/aromatic N) is 3. The number of halogens is 2. The molecular weight excluding hydrogens is 405 g/mol. The maximum atomic E-state index is 5.92. The van der Waals surface area contributed by atoms with Crippen LogP contribution in [0.3, 0.4) is 0 Å². The molecule has 0 radical (unpaired) electrons. The second-order valence-corrected chi connectivity index (χ2v) is 4.59. The van der Waals surface area contributed by atoms with Crippen LogP contribution in [0.15, 0.2) is 33.8 Å². The van der Waals surface area contributed by atoms with Crippen molar-refractivity contribution in [3.63, 3.8) is 0 Å². The van der Waals surface area contributed by atoms with Gasteiger partial charge in [-0.1, -0.05) is 35.8 Å². The molecule has 0 spiro atoms. The molecule has 0 atom stereocenters. The molecule has 1 heterocycles. The predicted molar refractivity (Wildman–Crippen MR) is 93.8 cm³/mol. The van der Waals surface area contributed by atoms with Gasteiger partial charge in [0.05, 0.1) is 0 Å². The van der Waals surface area contributed by atoms with E-state index in [-0.39, 0.29) is 30.5 Å². The van der Waals surface area contributed by atoms with Crippen LogP contribution < -0.4 is 11.1 Å². The molecule has 114 valence electrons. The van der Waals surface area contributed by atoms with Crippen LogP contribution in [0.25, 0.3) is 11.4 Å². The van der Waals surface area contributed by atoms with Gasteiger partial charge in [0.15, 0.2) is 5.96 Å². The second-order valence-electron chi connectivity index (χ2n) is 4.15. The Morgan fingerprint density at radius 3 is 3.00 bits per heavy atom. The molecule has 0 bridgehead atoms. The third-order valence-corrected chi connectivity index (χ3v) is 2.73. The van der Waals surface area contributed by atoms with E-state index in [1.165, 1.54) is 0 Å². The molecule has 3 N–H and O–H groups in total. The van der Waals surface area contributed by atoms with Gasteiger partial charge in [-0.3, -0.25) is 0 Å². The molecule has 0 aliphatic rings. The van der Waals surface area contributed by atoms with Crippen LogP contribution in [0.2, 0.25) is 5.02 Å². The molecule has 6 nitrogen and oxygen atoms in total. The molecule has 0 saturated carbocycles. The minimum atomic E-state index is 0. The van der Waals surface area contributed by atoms with Crippen LogP contribution in [-0.4, -0.2) is 22.6 Å². The minimum Gasteiger partial charge on any atom is -0.370 e. The first-order chi connectivity index (χ1) is 9.69. The third kappa shape index (κ3) is 5.50. The van der Waals surface area contributed by atoms with E-state index in [0.29, 0.717) is 22.7 Å². The average molecular weight is 422 g/mol. The van der Waals surface area contributed by atoms with Gasteiger partial charge >= 0.3 is 0 Å². The Balaban J connectivity index is 0.00000220. The predicted octanol–water partition coefficient (Wildman–Crippen LogP) is 2.82. The summed E-state index contributed by atoms with van der Waals surface area (Å²) in [5, 5.41) is 7.49. The summed E-state index contributed by atoms with van der Waals surface area (Å²) in [6, 6.07) is 7.26. The zero-order valence-corrected chi connectivity index (χ0v) is 14.6. The van der Waals surface area contributed by atoms with Gasteiger partial charge in [-0.25, -0.2) is 4.99 Å². The third-order valence-electron chi connectivity index (χ3n) is 2.49. The topological polar surface area (TPSA) is 89.3 Å². The molecule has 8 heteroatoms. The van der Waals surface area contributed by atoms with E-state index in [2.05, 4.69) is 27.4 Å². The Hall–Kier alpha value is -1.35. The summed E-state index contributed by atoms with van der Waals surface area (Å²) in [6.07, 6.45) is 0.982. The summed E-state index contributed by atoms with van der Waals surface area (Å²) in [7, 11) is 0. The van der Waals surface area contributed by atoms with Gasteiger partial charge in [0.25, 0.3) is 0 Å². The summed E-state index contributed by atoms with van der Waals surface area (Å²) in [6.45, 7) is 3.08. The highest BCUT2D eigenvalue weighted by molar-refractivity contribution is 14.0. The van der Waals surface area contributed by atoms with Gasteiger partial charge in [0, 0.05) is 17.1 Å². The number of guanidine groups is 1. The van der Waals surface area contributed by atoms with E-state index in [9.17, 15) is 0 Å². The largest absolute Gasteiger partial charge is 0.370 e. The van der Waals surface area contributed by atoms with Gasteiger partial charge in [-0.05, 0) is 18.6 Å². The van der Waals surface area contributed by atoms with E-state index >= 15 is 0 Å². The molecular formula is C13H17ClIN5O. The Bertz CT molecular complexity index is 602. The number of nitrogens with two attached hydrogens (primary N) is 1. The average Bonchev–Trinajstić information content (AvgIpc) is 2.92. The Labute approximate surface area is 145 Å². The van der Waals surface area contributed by atoms with E-state index < -0.39 is 0 Å². The lowest BCUT2D eigenvalue weighted by molar-refractivity contribution is 0.381. The van der Waals surface area contributed by atoms with Crippen LogP contribution >= 0.6 is 35.6 Å². The Morgan fingerprint density at radius 2 is 2.29 bits per heavy atom. The van der Waals surface area contributed by atoms with E-state index in [1.807, 2.05) is 12.1 Å². The summed E-state index contributed by atoms with van der Waals surface area (Å²) in [5.41, 5.74) is 6.48. The molecule has 0 aliphatic heterocycles. The zero-order valence-electron chi connectivity index (χ0n) is 11.5. The summed E-state index contributed by atoms with van der Waals surface area (Å²) in [5.74, 6) is 1.26.